The number of halogens is 2. The molecule has 4 aromatic rings. The van der Waals surface area contributed by atoms with Crippen molar-refractivity contribution in [1.29, 1.82) is 0 Å². The topological polar surface area (TPSA) is 70.0 Å². The molecule has 0 saturated carbocycles. The van der Waals surface area contributed by atoms with E-state index in [0.717, 1.165) is 33.5 Å². The molecule has 0 aliphatic carbocycles. The normalized spacial score (nSPS) is 18.2. The molecular weight excluding hydrogens is 502 g/mol. The standard InChI is InChI=1S/C30H30F2N4O3/c1-34-25-13-23(39-2)10-11-24(25)27-28(34)26(15-37)36(29(38)33-22-8-6-20(31)7-9-22)18-30(27)16-35(17-30)14-19-4-3-5-21(32)12-19/h3-13,26,37H,14-18H2,1-2H3,(H,33,38)/t26-/m1/s1. The van der Waals surface area contributed by atoms with Crippen LogP contribution in [-0.2, 0) is 19.0 Å². The molecule has 202 valence electrons. The molecule has 3 aromatic carbocycles. The number of rotatable bonds is 5. The molecule has 2 amide bonds. The van der Waals surface area contributed by atoms with Gasteiger partial charge >= 0.3 is 6.03 Å². The number of likely N-dealkylation sites (tertiary alicyclic amines) is 1. The number of urea groups is 1. The van der Waals surface area contributed by atoms with Crippen molar-refractivity contribution in [2.75, 3.05) is 38.7 Å². The first-order valence-electron chi connectivity index (χ1n) is 12.9. The number of fused-ring (bicyclic) bond motifs is 4. The zero-order valence-electron chi connectivity index (χ0n) is 21.8. The zero-order valence-corrected chi connectivity index (χ0v) is 21.8. The highest BCUT2D eigenvalue weighted by atomic mass is 19.1. The van der Waals surface area contributed by atoms with Gasteiger partial charge in [0, 0.05) is 61.5 Å². The number of aryl methyl sites for hydroxylation is 1. The number of anilines is 1. The minimum atomic E-state index is -0.577. The third-order valence-corrected chi connectivity index (χ3v) is 8.03. The summed E-state index contributed by atoms with van der Waals surface area (Å²) < 4.78 is 34.8. The monoisotopic (exact) mass is 532 g/mol. The maximum absolute atomic E-state index is 13.8. The van der Waals surface area contributed by atoms with E-state index in [4.69, 9.17) is 4.74 Å². The van der Waals surface area contributed by atoms with Gasteiger partial charge in [-0.2, -0.15) is 0 Å². The third-order valence-electron chi connectivity index (χ3n) is 8.03. The average molecular weight is 533 g/mol. The van der Waals surface area contributed by atoms with E-state index in [1.807, 2.05) is 35.9 Å². The first-order chi connectivity index (χ1) is 18.8. The average Bonchev–Trinajstić information content (AvgIpc) is 3.21. The van der Waals surface area contributed by atoms with E-state index >= 15 is 0 Å². The number of hydrogen-bond acceptors (Lipinski definition) is 4. The van der Waals surface area contributed by atoms with Crippen molar-refractivity contribution in [3.8, 4) is 5.75 Å². The van der Waals surface area contributed by atoms with Crippen molar-refractivity contribution in [2.45, 2.75) is 18.0 Å². The second-order valence-corrected chi connectivity index (χ2v) is 10.5. The van der Waals surface area contributed by atoms with E-state index < -0.39 is 6.04 Å². The Balaban J connectivity index is 1.40. The van der Waals surface area contributed by atoms with Crippen molar-refractivity contribution in [3.05, 3.63) is 95.2 Å². The molecule has 0 bridgehead atoms. The van der Waals surface area contributed by atoms with Crippen LogP contribution in [-0.4, -0.2) is 58.9 Å². The number of ether oxygens (including phenoxy) is 1. The summed E-state index contributed by atoms with van der Waals surface area (Å²) in [6.45, 7) is 2.07. The highest BCUT2D eigenvalue weighted by Crippen LogP contribution is 2.50. The van der Waals surface area contributed by atoms with Crippen LogP contribution in [0.4, 0.5) is 19.3 Å². The molecule has 2 aliphatic rings. The number of carbonyl (C=O) groups excluding carboxylic acids is 1. The molecule has 0 radical (unpaired) electrons. The van der Waals surface area contributed by atoms with Crippen molar-refractivity contribution < 1.29 is 23.4 Å². The highest BCUT2D eigenvalue weighted by Gasteiger charge is 2.54. The van der Waals surface area contributed by atoms with Crippen LogP contribution in [0.2, 0.25) is 0 Å². The van der Waals surface area contributed by atoms with Crippen molar-refractivity contribution in [2.24, 2.45) is 7.05 Å². The SMILES string of the molecule is COc1ccc2c3c(n(C)c2c1)[C@@H](CO)N(C(=O)Nc1ccc(F)cc1)CC31CN(Cc2cccc(F)c2)C1. The number of hydrogen-bond donors (Lipinski definition) is 2. The van der Waals surface area contributed by atoms with Gasteiger partial charge in [0.1, 0.15) is 17.4 Å². The summed E-state index contributed by atoms with van der Waals surface area (Å²) in [5.41, 5.74) is 3.95. The number of aromatic nitrogens is 1. The van der Waals surface area contributed by atoms with Crippen LogP contribution >= 0.6 is 0 Å². The van der Waals surface area contributed by atoms with Gasteiger partial charge in [-0.1, -0.05) is 12.1 Å². The molecule has 3 heterocycles. The van der Waals surface area contributed by atoms with Crippen LogP contribution in [0.3, 0.4) is 0 Å². The fourth-order valence-corrected chi connectivity index (χ4v) is 6.37. The lowest BCUT2D eigenvalue weighted by Crippen LogP contribution is -2.67. The largest absolute Gasteiger partial charge is 0.497 e. The third kappa shape index (κ3) is 4.31. The highest BCUT2D eigenvalue weighted by molar-refractivity contribution is 5.92. The summed E-state index contributed by atoms with van der Waals surface area (Å²) in [7, 11) is 3.57. The van der Waals surface area contributed by atoms with Crippen LogP contribution in [0, 0.1) is 11.6 Å². The van der Waals surface area contributed by atoms with E-state index in [1.54, 1.807) is 24.1 Å². The maximum atomic E-state index is 13.8. The van der Waals surface area contributed by atoms with Crippen LogP contribution in [0.1, 0.15) is 22.9 Å². The molecule has 2 aliphatic heterocycles. The summed E-state index contributed by atoms with van der Waals surface area (Å²) in [4.78, 5) is 17.5. The Labute approximate surface area is 225 Å². The molecule has 39 heavy (non-hydrogen) atoms. The van der Waals surface area contributed by atoms with E-state index in [9.17, 15) is 18.7 Å². The van der Waals surface area contributed by atoms with E-state index in [0.29, 0.717) is 31.9 Å². The van der Waals surface area contributed by atoms with Gasteiger partial charge in [-0.25, -0.2) is 13.6 Å². The number of methoxy groups -OCH3 is 1. The minimum absolute atomic E-state index is 0.256. The molecule has 1 aromatic heterocycles. The van der Waals surface area contributed by atoms with Crippen LogP contribution in [0.5, 0.6) is 5.75 Å². The molecule has 1 fully saturated rings. The Morgan fingerprint density at radius 2 is 1.82 bits per heavy atom. The summed E-state index contributed by atoms with van der Waals surface area (Å²) in [6, 6.07) is 17.2. The number of benzene rings is 3. The number of nitrogens with one attached hydrogen (secondary N) is 1. The van der Waals surface area contributed by atoms with Crippen LogP contribution in [0.15, 0.2) is 66.7 Å². The van der Waals surface area contributed by atoms with Crippen molar-refractivity contribution >= 4 is 22.6 Å². The molecule has 9 heteroatoms. The molecule has 0 unspecified atom stereocenters. The fraction of sp³-hybridized carbons (Fsp3) is 0.300. The Hall–Kier alpha value is -3.95. The summed E-state index contributed by atoms with van der Waals surface area (Å²) in [5.74, 6) is 0.0731. The fourth-order valence-electron chi connectivity index (χ4n) is 6.37. The van der Waals surface area contributed by atoms with Crippen LogP contribution < -0.4 is 10.1 Å². The summed E-state index contributed by atoms with van der Waals surface area (Å²) in [6.07, 6.45) is 0. The number of carbonyl (C=O) groups is 1. The van der Waals surface area contributed by atoms with E-state index in [2.05, 4.69) is 10.2 Å². The van der Waals surface area contributed by atoms with Gasteiger partial charge in [-0.05, 0) is 59.7 Å². The van der Waals surface area contributed by atoms with E-state index in [-0.39, 0.29) is 29.7 Å². The molecule has 6 rings (SSSR count). The second-order valence-electron chi connectivity index (χ2n) is 10.5. The summed E-state index contributed by atoms with van der Waals surface area (Å²) >= 11 is 0. The first kappa shape index (κ1) is 25.3. The molecule has 1 atom stereocenters. The smallest absolute Gasteiger partial charge is 0.322 e. The van der Waals surface area contributed by atoms with E-state index in [1.165, 1.54) is 30.3 Å². The Morgan fingerprint density at radius 3 is 2.51 bits per heavy atom. The number of nitrogens with zero attached hydrogens (tertiary/aromatic N) is 3. The maximum Gasteiger partial charge on any atom is 0.322 e. The number of amides is 2. The number of aliphatic hydroxyl groups is 1. The zero-order chi connectivity index (χ0) is 27.3. The van der Waals surface area contributed by atoms with Crippen molar-refractivity contribution in [3.63, 3.8) is 0 Å². The summed E-state index contributed by atoms with van der Waals surface area (Å²) in [5, 5.41) is 14.5. The molecule has 7 nitrogen and oxygen atoms in total. The van der Waals surface area contributed by atoms with Gasteiger partial charge < -0.3 is 24.6 Å². The van der Waals surface area contributed by atoms with Gasteiger partial charge in [0.05, 0.1) is 25.3 Å². The Kier molecular flexibility index (Phi) is 6.28. The quantitative estimate of drug-likeness (QED) is 0.388. The molecule has 2 N–H and O–H groups in total. The predicted octanol–water partition coefficient (Wildman–Crippen LogP) is 4.80. The Bertz CT molecular complexity index is 1550. The molecular formula is C30H30F2N4O3. The lowest BCUT2D eigenvalue weighted by molar-refractivity contribution is 0.00762. The van der Waals surface area contributed by atoms with Gasteiger partial charge in [-0.15, -0.1) is 0 Å². The van der Waals surface area contributed by atoms with Crippen LogP contribution in [0.25, 0.3) is 10.9 Å². The predicted molar refractivity (Wildman–Crippen MR) is 145 cm³/mol. The van der Waals surface area contributed by atoms with Crippen molar-refractivity contribution in [1.82, 2.24) is 14.4 Å². The molecule has 1 saturated heterocycles. The van der Waals surface area contributed by atoms with Gasteiger partial charge in [-0.3, -0.25) is 4.90 Å². The first-order valence-corrected chi connectivity index (χ1v) is 12.9. The second kappa shape index (κ2) is 9.66. The lowest BCUT2D eigenvalue weighted by atomic mass is 9.68. The Morgan fingerprint density at radius 1 is 1.05 bits per heavy atom. The molecule has 1 spiro atoms. The lowest BCUT2D eigenvalue weighted by Gasteiger charge is -2.56. The number of aliphatic hydroxyl groups excluding tert-OH is 1. The minimum Gasteiger partial charge on any atom is -0.497 e. The van der Waals surface area contributed by atoms with Gasteiger partial charge in [0.15, 0.2) is 0 Å². The van der Waals surface area contributed by atoms with Gasteiger partial charge in [0.25, 0.3) is 0 Å². The van der Waals surface area contributed by atoms with Gasteiger partial charge in [0.2, 0.25) is 0 Å².